The Morgan fingerprint density at radius 1 is 0.946 bits per heavy atom. The van der Waals surface area contributed by atoms with Crippen molar-refractivity contribution in [3.05, 3.63) is 141 Å². The van der Waals surface area contributed by atoms with Gasteiger partial charge in [0.05, 0.1) is 46.2 Å². The van der Waals surface area contributed by atoms with Gasteiger partial charge in [0, 0.05) is 47.5 Å². The summed E-state index contributed by atoms with van der Waals surface area (Å²) in [6, 6.07) is 29.0. The van der Waals surface area contributed by atoms with E-state index in [1.54, 1.807) is 20.5 Å². The first-order chi connectivity index (χ1) is 27.1. The molecule has 2 saturated heterocycles. The van der Waals surface area contributed by atoms with Crippen LogP contribution in [0.4, 0.5) is 0 Å². The molecule has 4 aromatic rings. The van der Waals surface area contributed by atoms with E-state index in [2.05, 4.69) is 43.4 Å². The van der Waals surface area contributed by atoms with Gasteiger partial charge in [-0.05, 0) is 58.0 Å². The monoisotopic (exact) mass is 784 g/mol. The van der Waals surface area contributed by atoms with Gasteiger partial charge in [0.2, 0.25) is 0 Å². The Labute approximate surface area is 328 Å². The molecule has 56 heavy (non-hydrogen) atoms. The van der Waals surface area contributed by atoms with Gasteiger partial charge in [-0.2, -0.15) is 5.26 Å². The second-order valence-electron chi connectivity index (χ2n) is 14.1. The second-order valence-corrected chi connectivity index (χ2v) is 15.5. The molecule has 2 fully saturated rings. The van der Waals surface area contributed by atoms with Crippen LogP contribution in [0.25, 0.3) is 0 Å². The Morgan fingerprint density at radius 3 is 2.11 bits per heavy atom. The van der Waals surface area contributed by atoms with Crippen LogP contribution in [0.2, 0.25) is 0 Å². The minimum absolute atomic E-state index is 0.0490. The second kappa shape index (κ2) is 18.0. The van der Waals surface area contributed by atoms with Crippen molar-refractivity contribution in [2.45, 2.75) is 82.3 Å². The van der Waals surface area contributed by atoms with Crippen LogP contribution in [0.15, 0.2) is 113 Å². The van der Waals surface area contributed by atoms with E-state index >= 15 is 0 Å². The van der Waals surface area contributed by atoms with Gasteiger partial charge in [-0.15, -0.1) is 0 Å². The van der Waals surface area contributed by atoms with Crippen molar-refractivity contribution < 1.29 is 32.7 Å². The topological polar surface area (TPSA) is 147 Å². The van der Waals surface area contributed by atoms with E-state index < -0.39 is 49.4 Å². The summed E-state index contributed by atoms with van der Waals surface area (Å²) in [6.45, 7) is 8.58. The van der Waals surface area contributed by atoms with E-state index in [0.29, 0.717) is 11.5 Å². The summed E-state index contributed by atoms with van der Waals surface area (Å²) in [5.74, 6) is 1.42. The standard InChI is InChI=1S/C42H49N4O9P/c1-29(2)46(30(3)4)56(53-27-11-24-43)55-38-37-39(45-25-22-36(47)44-40(45)48)54-41(38,28-51-37)23-10-26-52-42(31-12-8-7-9-13-31,32-14-18-34(49-5)19-15-32)33-16-20-35(50-6)21-17-33/h7-10,12-22,25-26,29-30,37-39H,11,23,27-28H2,1-6H3,(H,44,47,48)/t37-,38+,39-,41-,56?/m1/s1. The molecule has 2 aliphatic rings. The van der Waals surface area contributed by atoms with Crippen LogP contribution in [0.1, 0.15) is 63.5 Å². The predicted octanol–water partition coefficient (Wildman–Crippen LogP) is 6.79. The third-order valence-electron chi connectivity index (χ3n) is 9.94. The molecule has 1 aromatic heterocycles. The number of nitrogens with zero attached hydrogens (tertiary/aromatic N) is 3. The maximum absolute atomic E-state index is 13.1. The Hall–Kier alpha value is -4.80. The highest BCUT2D eigenvalue weighted by molar-refractivity contribution is 7.44. The van der Waals surface area contributed by atoms with Crippen LogP contribution in [-0.4, -0.2) is 71.5 Å². The number of methoxy groups -OCH3 is 2. The van der Waals surface area contributed by atoms with Gasteiger partial charge in [-0.3, -0.25) is 14.3 Å². The zero-order chi connectivity index (χ0) is 39.9. The van der Waals surface area contributed by atoms with Gasteiger partial charge in [0.15, 0.2) is 11.8 Å². The van der Waals surface area contributed by atoms with Gasteiger partial charge in [-0.1, -0.05) is 54.6 Å². The molecule has 0 saturated carbocycles. The molecule has 0 aliphatic carbocycles. The zero-order valence-corrected chi connectivity index (χ0v) is 33.4. The summed E-state index contributed by atoms with van der Waals surface area (Å²) >= 11 is 0. The van der Waals surface area contributed by atoms with E-state index in [1.165, 1.54) is 16.8 Å². The number of ether oxygens (including phenoxy) is 5. The minimum Gasteiger partial charge on any atom is -0.497 e. The molecule has 2 bridgehead atoms. The fourth-order valence-corrected chi connectivity index (χ4v) is 9.20. The molecule has 296 valence electrons. The molecule has 6 rings (SSSR count). The average molecular weight is 785 g/mol. The van der Waals surface area contributed by atoms with Crippen molar-refractivity contribution in [2.24, 2.45) is 0 Å². The number of nitriles is 1. The zero-order valence-electron chi connectivity index (χ0n) is 32.5. The Balaban J connectivity index is 1.39. The molecule has 5 atom stereocenters. The van der Waals surface area contributed by atoms with Crippen molar-refractivity contribution in [1.29, 1.82) is 5.26 Å². The van der Waals surface area contributed by atoms with Crippen molar-refractivity contribution >= 4 is 8.53 Å². The normalized spacial score (nSPS) is 21.2. The quantitative estimate of drug-likeness (QED) is 0.0492. The van der Waals surface area contributed by atoms with Crippen molar-refractivity contribution in [2.75, 3.05) is 27.4 Å². The van der Waals surface area contributed by atoms with Gasteiger partial charge in [0.25, 0.3) is 14.1 Å². The summed E-state index contributed by atoms with van der Waals surface area (Å²) in [6.07, 6.45) is 3.08. The summed E-state index contributed by atoms with van der Waals surface area (Å²) in [7, 11) is 1.55. The third kappa shape index (κ3) is 8.32. The summed E-state index contributed by atoms with van der Waals surface area (Å²) in [5, 5.41) is 9.30. The highest BCUT2D eigenvalue weighted by Crippen LogP contribution is 2.56. The lowest BCUT2D eigenvalue weighted by molar-refractivity contribution is -0.173. The number of hydrogen-bond donors (Lipinski definition) is 1. The summed E-state index contributed by atoms with van der Waals surface area (Å²) in [5.41, 5.74) is -0.719. The molecule has 1 unspecified atom stereocenters. The lowest BCUT2D eigenvalue weighted by Crippen LogP contribution is -2.43. The minimum atomic E-state index is -1.71. The van der Waals surface area contributed by atoms with Crippen LogP contribution < -0.4 is 20.7 Å². The molecule has 1 N–H and O–H groups in total. The predicted molar refractivity (Wildman–Crippen MR) is 211 cm³/mol. The SMILES string of the molecule is COc1ccc(C(OC=CC[C@]23CO[C@@H]([C@H](n4ccc(=O)[nH]c4=O)O2)[C@@H]3OP(OCCC#N)N(C(C)C)C(C)C)(c2ccccc2)c2ccc(OC)cc2)cc1. The Bertz CT molecular complexity index is 2030. The number of H-pyrrole nitrogens is 1. The maximum Gasteiger partial charge on any atom is 0.330 e. The van der Waals surface area contributed by atoms with E-state index in [0.717, 1.165) is 16.7 Å². The van der Waals surface area contributed by atoms with Gasteiger partial charge in [-0.25, -0.2) is 9.46 Å². The van der Waals surface area contributed by atoms with E-state index in [9.17, 15) is 14.9 Å². The maximum atomic E-state index is 13.1. The molecule has 0 amide bonds. The highest BCUT2D eigenvalue weighted by atomic mass is 31.2. The Morgan fingerprint density at radius 2 is 1.55 bits per heavy atom. The number of hydrogen-bond acceptors (Lipinski definition) is 11. The largest absolute Gasteiger partial charge is 0.497 e. The first-order valence-corrected chi connectivity index (χ1v) is 19.7. The van der Waals surface area contributed by atoms with Crippen LogP contribution in [0.5, 0.6) is 11.5 Å². The van der Waals surface area contributed by atoms with Gasteiger partial charge >= 0.3 is 5.69 Å². The van der Waals surface area contributed by atoms with Gasteiger partial charge < -0.3 is 32.7 Å². The summed E-state index contributed by atoms with van der Waals surface area (Å²) in [4.78, 5) is 27.4. The number of aromatic amines is 1. The molecule has 3 heterocycles. The number of fused-ring (bicyclic) bond motifs is 2. The molecule has 14 heteroatoms. The number of nitrogens with one attached hydrogen (secondary N) is 1. The fourth-order valence-electron chi connectivity index (χ4n) is 7.39. The molecular formula is C42H49N4O9P. The molecule has 3 aromatic carbocycles. The molecular weight excluding hydrogens is 735 g/mol. The summed E-state index contributed by atoms with van der Waals surface area (Å²) < 4.78 is 47.8. The van der Waals surface area contributed by atoms with E-state index in [4.69, 9.17) is 32.7 Å². The third-order valence-corrected chi connectivity index (χ3v) is 12.1. The smallest absolute Gasteiger partial charge is 0.330 e. The van der Waals surface area contributed by atoms with Gasteiger partial charge in [0.1, 0.15) is 29.3 Å². The van der Waals surface area contributed by atoms with Crippen LogP contribution in [0, 0.1) is 11.3 Å². The first-order valence-electron chi connectivity index (χ1n) is 18.6. The lowest BCUT2D eigenvalue weighted by Gasteiger charge is -2.38. The van der Waals surface area contributed by atoms with E-state index in [1.807, 2.05) is 84.9 Å². The van der Waals surface area contributed by atoms with Crippen LogP contribution >= 0.6 is 8.53 Å². The molecule has 0 spiro atoms. The van der Waals surface area contributed by atoms with Crippen molar-refractivity contribution in [3.8, 4) is 17.6 Å². The number of aromatic nitrogens is 2. The highest BCUT2D eigenvalue weighted by Gasteiger charge is 2.63. The van der Waals surface area contributed by atoms with Crippen molar-refractivity contribution in [3.63, 3.8) is 0 Å². The first kappa shape index (κ1) is 40.9. The molecule has 2 aliphatic heterocycles. The van der Waals surface area contributed by atoms with Crippen LogP contribution in [0.3, 0.4) is 0 Å². The number of benzene rings is 3. The molecule has 13 nitrogen and oxygen atoms in total. The van der Waals surface area contributed by atoms with Crippen molar-refractivity contribution in [1.82, 2.24) is 14.2 Å². The molecule has 0 radical (unpaired) electrons. The fraction of sp³-hybridized carbons (Fsp3) is 0.405. The lowest BCUT2D eigenvalue weighted by atomic mass is 9.80. The van der Waals surface area contributed by atoms with E-state index in [-0.39, 0.29) is 38.1 Å². The average Bonchev–Trinajstić information content (AvgIpc) is 3.69. The number of rotatable bonds is 18. The van der Waals surface area contributed by atoms with Crippen LogP contribution in [-0.2, 0) is 28.9 Å². The Kier molecular flexibility index (Phi) is 13.1.